The first-order chi connectivity index (χ1) is 13.8. The second-order valence-electron chi connectivity index (χ2n) is 6.70. The van der Waals surface area contributed by atoms with Gasteiger partial charge in [-0.2, -0.15) is 4.98 Å². The van der Waals surface area contributed by atoms with Crippen molar-refractivity contribution < 1.29 is 0 Å². The molecule has 1 saturated heterocycles. The van der Waals surface area contributed by atoms with E-state index in [1.807, 2.05) is 54.9 Å². The summed E-state index contributed by atoms with van der Waals surface area (Å²) in [6.07, 6.45) is 4.56. The number of nitrogens with one attached hydrogen (secondary N) is 1. The molecular weight excluding hydrogens is 372 g/mol. The minimum Gasteiger partial charge on any atom is -0.354 e. The van der Waals surface area contributed by atoms with E-state index in [1.54, 1.807) is 0 Å². The molecule has 0 amide bonds. The van der Waals surface area contributed by atoms with Gasteiger partial charge in [-0.25, -0.2) is 9.97 Å². The van der Waals surface area contributed by atoms with Crippen molar-refractivity contribution in [2.45, 2.75) is 6.42 Å². The van der Waals surface area contributed by atoms with Crippen LogP contribution in [0.1, 0.15) is 5.56 Å². The van der Waals surface area contributed by atoms with Crippen LogP contribution in [0.4, 0.5) is 17.6 Å². The summed E-state index contributed by atoms with van der Waals surface area (Å²) in [4.78, 5) is 18.1. The van der Waals surface area contributed by atoms with Gasteiger partial charge in [-0.15, -0.1) is 0 Å². The molecule has 0 aliphatic carbocycles. The van der Waals surface area contributed by atoms with E-state index in [-0.39, 0.29) is 0 Å². The molecule has 0 atom stereocenters. The van der Waals surface area contributed by atoms with Crippen LogP contribution < -0.4 is 15.1 Å². The summed E-state index contributed by atoms with van der Waals surface area (Å²) >= 11 is 5.93. The molecule has 0 radical (unpaired) electrons. The predicted octanol–water partition coefficient (Wildman–Crippen LogP) is 3.51. The van der Waals surface area contributed by atoms with Crippen LogP contribution in [-0.4, -0.2) is 47.7 Å². The van der Waals surface area contributed by atoms with Crippen LogP contribution in [-0.2, 0) is 6.42 Å². The van der Waals surface area contributed by atoms with Gasteiger partial charge >= 0.3 is 0 Å². The van der Waals surface area contributed by atoms with E-state index in [1.165, 1.54) is 5.56 Å². The largest absolute Gasteiger partial charge is 0.354 e. The Morgan fingerprint density at radius 3 is 2.29 bits per heavy atom. The minimum absolute atomic E-state index is 0.665. The highest BCUT2D eigenvalue weighted by atomic mass is 35.5. The molecule has 1 fully saturated rings. The van der Waals surface area contributed by atoms with Crippen LogP contribution in [0.3, 0.4) is 0 Å². The zero-order chi connectivity index (χ0) is 19.2. The number of hydrogen-bond acceptors (Lipinski definition) is 6. The summed E-state index contributed by atoms with van der Waals surface area (Å²) in [6.45, 7) is 4.47. The Labute approximate surface area is 170 Å². The maximum atomic E-state index is 5.93. The normalized spacial score (nSPS) is 14.2. The van der Waals surface area contributed by atoms with Crippen LogP contribution in [0.15, 0.2) is 60.9 Å². The Morgan fingerprint density at radius 1 is 0.821 bits per heavy atom. The van der Waals surface area contributed by atoms with Crippen LogP contribution in [0.2, 0.25) is 5.02 Å². The van der Waals surface area contributed by atoms with Gasteiger partial charge < -0.3 is 15.1 Å². The van der Waals surface area contributed by atoms with Crippen LogP contribution >= 0.6 is 11.6 Å². The van der Waals surface area contributed by atoms with Crippen LogP contribution in [0.5, 0.6) is 0 Å². The number of hydrogen-bond donors (Lipinski definition) is 1. The lowest BCUT2D eigenvalue weighted by atomic mass is 10.1. The van der Waals surface area contributed by atoms with E-state index < -0.39 is 0 Å². The number of nitrogens with zero attached hydrogens (tertiary/aromatic N) is 5. The van der Waals surface area contributed by atoms with Crippen molar-refractivity contribution >= 4 is 29.2 Å². The molecular formula is C21H23ClN6. The molecule has 144 valence electrons. The van der Waals surface area contributed by atoms with Gasteiger partial charge in [0, 0.05) is 50.1 Å². The monoisotopic (exact) mass is 394 g/mol. The molecule has 3 heterocycles. The molecule has 3 aromatic rings. The minimum atomic E-state index is 0.665. The zero-order valence-electron chi connectivity index (χ0n) is 15.6. The van der Waals surface area contributed by atoms with Crippen molar-refractivity contribution in [2.24, 2.45) is 0 Å². The lowest BCUT2D eigenvalue weighted by molar-refractivity contribution is 0.641. The van der Waals surface area contributed by atoms with Crippen molar-refractivity contribution in [1.82, 2.24) is 15.0 Å². The molecule has 1 aromatic carbocycles. The molecule has 0 unspecified atom stereocenters. The Hall–Kier alpha value is -2.86. The summed E-state index contributed by atoms with van der Waals surface area (Å²) in [5.74, 6) is 2.66. The second-order valence-corrected chi connectivity index (χ2v) is 7.14. The molecule has 1 aliphatic heterocycles. The average Bonchev–Trinajstić information content (AvgIpc) is 2.76. The Kier molecular flexibility index (Phi) is 5.87. The maximum absolute atomic E-state index is 5.93. The number of benzene rings is 1. The van der Waals surface area contributed by atoms with Gasteiger partial charge in [0.25, 0.3) is 0 Å². The topological polar surface area (TPSA) is 57.2 Å². The number of halogens is 1. The first kappa shape index (κ1) is 18.5. The number of piperazine rings is 1. The number of rotatable bonds is 6. The van der Waals surface area contributed by atoms with E-state index in [9.17, 15) is 0 Å². The fraction of sp³-hybridized carbons (Fsp3) is 0.286. The van der Waals surface area contributed by atoms with Crippen molar-refractivity contribution in [1.29, 1.82) is 0 Å². The van der Waals surface area contributed by atoms with E-state index in [0.29, 0.717) is 5.95 Å². The van der Waals surface area contributed by atoms with Gasteiger partial charge in [-0.1, -0.05) is 29.8 Å². The highest BCUT2D eigenvalue weighted by molar-refractivity contribution is 6.30. The molecule has 0 saturated carbocycles. The molecule has 2 aromatic heterocycles. The lowest BCUT2D eigenvalue weighted by Gasteiger charge is -2.36. The molecule has 1 N–H and O–H groups in total. The number of pyridine rings is 1. The highest BCUT2D eigenvalue weighted by Crippen LogP contribution is 2.18. The van der Waals surface area contributed by atoms with Gasteiger partial charge in [0.1, 0.15) is 11.6 Å². The fourth-order valence-electron chi connectivity index (χ4n) is 3.29. The summed E-state index contributed by atoms with van der Waals surface area (Å²) in [6, 6.07) is 15.9. The summed E-state index contributed by atoms with van der Waals surface area (Å²) in [5.41, 5.74) is 1.23. The van der Waals surface area contributed by atoms with E-state index in [2.05, 4.69) is 36.1 Å². The van der Waals surface area contributed by atoms with E-state index in [0.717, 1.165) is 55.8 Å². The molecule has 6 nitrogen and oxygen atoms in total. The average molecular weight is 395 g/mol. The Balaban J connectivity index is 1.31. The van der Waals surface area contributed by atoms with E-state index in [4.69, 9.17) is 11.6 Å². The van der Waals surface area contributed by atoms with Crippen LogP contribution in [0, 0.1) is 0 Å². The lowest BCUT2D eigenvalue weighted by Crippen LogP contribution is -2.47. The van der Waals surface area contributed by atoms with Gasteiger partial charge in [0.2, 0.25) is 5.95 Å². The quantitative estimate of drug-likeness (QED) is 0.690. The SMILES string of the molecule is Clc1ccc(CCNc2nccc(N3CCN(c4ccccn4)CC3)n2)cc1. The summed E-state index contributed by atoms with van der Waals surface area (Å²) in [7, 11) is 0. The fourth-order valence-corrected chi connectivity index (χ4v) is 3.41. The Bertz CT molecular complexity index is 879. The molecule has 4 rings (SSSR count). The molecule has 0 bridgehead atoms. The third-order valence-electron chi connectivity index (χ3n) is 4.83. The molecule has 28 heavy (non-hydrogen) atoms. The predicted molar refractivity (Wildman–Crippen MR) is 114 cm³/mol. The van der Waals surface area contributed by atoms with Gasteiger partial charge in [-0.05, 0) is 42.3 Å². The summed E-state index contributed by atoms with van der Waals surface area (Å²) < 4.78 is 0. The van der Waals surface area contributed by atoms with Crippen molar-refractivity contribution in [3.63, 3.8) is 0 Å². The highest BCUT2D eigenvalue weighted by Gasteiger charge is 2.19. The number of anilines is 3. The van der Waals surface area contributed by atoms with Crippen molar-refractivity contribution in [2.75, 3.05) is 47.8 Å². The second kappa shape index (κ2) is 8.89. The molecule has 1 aliphatic rings. The van der Waals surface area contributed by atoms with E-state index >= 15 is 0 Å². The third-order valence-corrected chi connectivity index (χ3v) is 5.08. The van der Waals surface area contributed by atoms with Crippen molar-refractivity contribution in [3.8, 4) is 0 Å². The first-order valence-corrected chi connectivity index (χ1v) is 9.88. The van der Waals surface area contributed by atoms with Crippen molar-refractivity contribution in [3.05, 3.63) is 71.5 Å². The standard InChI is InChI=1S/C21H23ClN6/c22-18-6-4-17(5-7-18)8-11-24-21-25-12-9-20(26-21)28-15-13-27(14-16-28)19-3-1-2-10-23-19/h1-7,9-10,12H,8,11,13-16H2,(H,24,25,26). The molecule has 0 spiro atoms. The van der Waals surface area contributed by atoms with Gasteiger partial charge in [0.15, 0.2) is 0 Å². The van der Waals surface area contributed by atoms with Crippen LogP contribution in [0.25, 0.3) is 0 Å². The van der Waals surface area contributed by atoms with Gasteiger partial charge in [0.05, 0.1) is 0 Å². The molecule has 7 heteroatoms. The maximum Gasteiger partial charge on any atom is 0.224 e. The third kappa shape index (κ3) is 4.70. The number of aromatic nitrogens is 3. The smallest absolute Gasteiger partial charge is 0.224 e. The Morgan fingerprint density at radius 2 is 1.57 bits per heavy atom. The zero-order valence-corrected chi connectivity index (χ0v) is 16.4. The summed E-state index contributed by atoms with van der Waals surface area (Å²) in [5, 5.41) is 4.08. The van der Waals surface area contributed by atoms with Gasteiger partial charge in [-0.3, -0.25) is 0 Å². The first-order valence-electron chi connectivity index (χ1n) is 9.50.